The normalized spacial score (nSPS) is 26.1. The van der Waals surface area contributed by atoms with E-state index in [1.54, 1.807) is 0 Å². The van der Waals surface area contributed by atoms with E-state index in [9.17, 15) is 0 Å². The maximum absolute atomic E-state index is 4.26. The number of fused-ring (bicyclic) bond motifs is 3. The smallest absolute Gasteiger partial charge is 0.333 e. The van der Waals surface area contributed by atoms with E-state index in [0.717, 1.165) is 18.9 Å². The third-order valence-electron chi connectivity index (χ3n) is 4.94. The van der Waals surface area contributed by atoms with Crippen LogP contribution in [0.1, 0.15) is 27.2 Å². The topological polar surface area (TPSA) is 53.3 Å². The van der Waals surface area contributed by atoms with E-state index in [2.05, 4.69) is 71.3 Å². The molecule has 0 N–H and O–H groups in total. The Morgan fingerprint density at radius 1 is 1.25 bits per heavy atom. The molecule has 1 unspecified atom stereocenters. The number of aromatic nitrogens is 4. The van der Waals surface area contributed by atoms with Gasteiger partial charge in [0.25, 0.3) is 6.98 Å². The third-order valence-corrected chi connectivity index (χ3v) is 4.94. The van der Waals surface area contributed by atoms with Gasteiger partial charge in [-0.1, -0.05) is 25.7 Å². The van der Waals surface area contributed by atoms with Crippen molar-refractivity contribution in [3.05, 3.63) is 0 Å². The van der Waals surface area contributed by atoms with Crippen LogP contribution in [0.25, 0.3) is 0 Å². The molecule has 108 valence electrons. The van der Waals surface area contributed by atoms with Crippen LogP contribution in [-0.4, -0.2) is 63.5 Å². The van der Waals surface area contributed by atoms with Crippen molar-refractivity contribution in [2.24, 2.45) is 0 Å². The third kappa shape index (κ3) is 1.59. The summed E-state index contributed by atoms with van der Waals surface area (Å²) in [5.74, 6) is 0.882. The van der Waals surface area contributed by atoms with E-state index in [1.165, 1.54) is 0 Å². The summed E-state index contributed by atoms with van der Waals surface area (Å²) in [7, 11) is 2.19. The fourth-order valence-corrected chi connectivity index (χ4v) is 3.88. The summed E-state index contributed by atoms with van der Waals surface area (Å²) in [6.07, 6.45) is 1.41. The zero-order chi connectivity index (χ0) is 14.7. The van der Waals surface area contributed by atoms with Gasteiger partial charge in [0.15, 0.2) is 0 Å². The average Bonchev–Trinajstić information content (AvgIpc) is 2.94. The molecule has 3 rings (SSSR count). The van der Waals surface area contributed by atoms with Crippen molar-refractivity contribution in [3.63, 3.8) is 0 Å². The van der Waals surface area contributed by atoms with Gasteiger partial charge in [0.1, 0.15) is 0 Å². The summed E-state index contributed by atoms with van der Waals surface area (Å²) in [6.45, 7) is 13.0. The number of hydrogen-bond donors (Lipinski definition) is 0. The quantitative estimate of drug-likeness (QED) is 0.730. The van der Waals surface area contributed by atoms with Crippen LogP contribution in [0, 0.1) is 0 Å². The second-order valence-electron chi connectivity index (χ2n) is 6.49. The van der Waals surface area contributed by atoms with Crippen molar-refractivity contribution in [1.29, 1.82) is 0 Å². The van der Waals surface area contributed by atoms with Gasteiger partial charge < -0.3 is 14.3 Å². The number of tetrazole rings is 1. The van der Waals surface area contributed by atoms with E-state index in [-0.39, 0.29) is 11.7 Å². The first kappa shape index (κ1) is 13.9. The molecule has 1 aromatic heterocycles. The predicted molar refractivity (Wildman–Crippen MR) is 81.4 cm³/mol. The van der Waals surface area contributed by atoms with E-state index >= 15 is 0 Å². The second kappa shape index (κ2) is 4.46. The molecule has 0 amide bonds. The highest BCUT2D eigenvalue weighted by Gasteiger charge is 2.57. The maximum Gasteiger partial charge on any atom is 0.333 e. The second-order valence-corrected chi connectivity index (χ2v) is 6.49. The minimum absolute atomic E-state index is 0.131. The van der Waals surface area contributed by atoms with Gasteiger partial charge in [-0.3, -0.25) is 0 Å². The lowest BCUT2D eigenvalue weighted by atomic mass is 9.56. The van der Waals surface area contributed by atoms with Crippen LogP contribution < -0.4 is 4.81 Å². The van der Waals surface area contributed by atoms with Gasteiger partial charge in [-0.05, 0) is 44.3 Å². The number of likely N-dealkylation sites (N-methyl/N-ethyl adjacent to an activating group) is 1. The molecular weight excluding hydrogens is 252 g/mol. The molecule has 2 aliphatic rings. The van der Waals surface area contributed by atoms with Crippen LogP contribution in [0.3, 0.4) is 0 Å². The van der Waals surface area contributed by atoms with Gasteiger partial charge >= 0.3 is 6.98 Å². The minimum atomic E-state index is -0.131. The Balaban J connectivity index is 2.06. The number of rotatable bonds is 2. The fourth-order valence-electron chi connectivity index (χ4n) is 3.88. The van der Waals surface area contributed by atoms with Crippen LogP contribution in [0.2, 0.25) is 13.6 Å². The zero-order valence-electron chi connectivity index (χ0n) is 13.3. The molecule has 0 radical (unpaired) electrons. The molecule has 1 fully saturated rings. The molecule has 0 saturated carbocycles. The van der Waals surface area contributed by atoms with Crippen molar-refractivity contribution in [3.8, 4) is 0 Å². The van der Waals surface area contributed by atoms with Crippen LogP contribution in [0.5, 0.6) is 0 Å². The van der Waals surface area contributed by atoms with E-state index in [0.29, 0.717) is 14.0 Å². The maximum atomic E-state index is 4.26. The number of anilines is 1. The summed E-state index contributed by atoms with van der Waals surface area (Å²) in [4.78, 5) is 4.78. The Hall–Kier alpha value is -1.08. The molecule has 0 spiro atoms. The van der Waals surface area contributed by atoms with Gasteiger partial charge in [0.2, 0.25) is 5.95 Å². The predicted octanol–water partition coefficient (Wildman–Crippen LogP) is 0.448. The van der Waals surface area contributed by atoms with Crippen molar-refractivity contribution in [2.45, 2.75) is 52.5 Å². The molecular formula is C11H23B2N7. The molecule has 1 aromatic rings. The SMILES string of the molecule is CCCN1B(C)N(C)C2N(B1C)c1nnnn1C2(C)C. The number of hydrogen-bond acceptors (Lipinski definition) is 6. The Labute approximate surface area is 121 Å². The molecule has 2 aliphatic heterocycles. The molecule has 9 heteroatoms. The highest BCUT2D eigenvalue weighted by Crippen LogP contribution is 2.41. The van der Waals surface area contributed by atoms with Crippen molar-refractivity contribution >= 4 is 19.9 Å². The Bertz CT molecular complexity index is 505. The van der Waals surface area contributed by atoms with Crippen LogP contribution in [0.4, 0.5) is 5.95 Å². The first-order valence-electron chi connectivity index (χ1n) is 7.46. The summed E-state index contributed by atoms with van der Waals surface area (Å²) < 4.78 is 4.48. The Morgan fingerprint density at radius 2 is 1.95 bits per heavy atom. The van der Waals surface area contributed by atoms with Gasteiger partial charge in [-0.2, -0.15) is 0 Å². The summed E-state index contributed by atoms with van der Waals surface area (Å²) in [5.41, 5.74) is -0.131. The molecule has 0 aliphatic carbocycles. The summed E-state index contributed by atoms with van der Waals surface area (Å²) in [6, 6.07) is 0. The summed E-state index contributed by atoms with van der Waals surface area (Å²) in [5, 5.41) is 12.3. The first-order valence-corrected chi connectivity index (χ1v) is 7.46. The molecule has 1 saturated heterocycles. The van der Waals surface area contributed by atoms with E-state index in [1.807, 2.05) is 4.68 Å². The summed E-state index contributed by atoms with van der Waals surface area (Å²) >= 11 is 0. The molecule has 0 bridgehead atoms. The molecule has 1 atom stereocenters. The van der Waals surface area contributed by atoms with Crippen molar-refractivity contribution in [2.75, 3.05) is 18.4 Å². The Morgan fingerprint density at radius 3 is 2.60 bits per heavy atom. The minimum Gasteiger partial charge on any atom is -0.353 e. The Kier molecular flexibility index (Phi) is 3.09. The molecule has 3 heterocycles. The lowest BCUT2D eigenvalue weighted by Gasteiger charge is -2.52. The van der Waals surface area contributed by atoms with E-state index in [4.69, 9.17) is 0 Å². The molecule has 20 heavy (non-hydrogen) atoms. The largest absolute Gasteiger partial charge is 0.353 e. The number of nitrogens with zero attached hydrogens (tertiary/aromatic N) is 7. The zero-order valence-corrected chi connectivity index (χ0v) is 13.3. The monoisotopic (exact) mass is 275 g/mol. The first-order chi connectivity index (χ1) is 9.41. The standard InChI is InChI=1S/C11H23B2N7/c1-7-8-18-12(4)17(6)9-11(2,3)20-10(14-15-16-20)19(9)13(18)5/h9H,7-8H2,1-6H3. The van der Waals surface area contributed by atoms with Gasteiger partial charge in [-0.15, -0.1) is 0 Å². The lowest BCUT2D eigenvalue weighted by molar-refractivity contribution is 0.187. The molecule has 0 aromatic carbocycles. The van der Waals surface area contributed by atoms with Gasteiger partial charge in [0.05, 0.1) is 11.7 Å². The average molecular weight is 275 g/mol. The lowest BCUT2D eigenvalue weighted by Crippen LogP contribution is -2.75. The highest BCUT2D eigenvalue weighted by atomic mass is 15.7. The van der Waals surface area contributed by atoms with Crippen LogP contribution >= 0.6 is 0 Å². The molecule has 7 nitrogen and oxygen atoms in total. The van der Waals surface area contributed by atoms with Gasteiger partial charge in [-0.25, -0.2) is 4.68 Å². The van der Waals surface area contributed by atoms with Gasteiger partial charge in [0, 0.05) is 0 Å². The van der Waals surface area contributed by atoms with Crippen molar-refractivity contribution < 1.29 is 0 Å². The van der Waals surface area contributed by atoms with Crippen molar-refractivity contribution in [1.82, 2.24) is 29.7 Å². The van der Waals surface area contributed by atoms with Crippen LogP contribution in [-0.2, 0) is 5.54 Å². The van der Waals surface area contributed by atoms with Crippen LogP contribution in [0.15, 0.2) is 0 Å². The highest BCUT2D eigenvalue weighted by molar-refractivity contribution is 6.73. The fraction of sp³-hybridized carbons (Fsp3) is 0.909. The van der Waals surface area contributed by atoms with E-state index < -0.39 is 0 Å².